The predicted octanol–water partition coefficient (Wildman–Crippen LogP) is 1.03. The third-order valence-corrected chi connectivity index (χ3v) is 5.41. The highest BCUT2D eigenvalue weighted by Crippen LogP contribution is 2.45. The lowest BCUT2D eigenvalue weighted by Crippen LogP contribution is -2.49. The zero-order chi connectivity index (χ0) is 16.4. The van der Waals surface area contributed by atoms with E-state index >= 15 is 0 Å². The molecular formula is C17H24N2O4. The fourth-order valence-electron chi connectivity index (χ4n) is 4.23. The number of nitrogens with one attached hydrogen (secondary N) is 1. The third kappa shape index (κ3) is 3.26. The van der Waals surface area contributed by atoms with Crippen LogP contribution in [0.15, 0.2) is 12.2 Å². The summed E-state index contributed by atoms with van der Waals surface area (Å²) in [5.74, 6) is -1.85. The number of carboxylic acid groups (broad SMARTS) is 1. The molecule has 4 rings (SSSR count). The summed E-state index contributed by atoms with van der Waals surface area (Å²) in [4.78, 5) is 37.4. The van der Waals surface area contributed by atoms with E-state index in [-0.39, 0.29) is 23.7 Å². The van der Waals surface area contributed by atoms with E-state index in [4.69, 9.17) is 0 Å². The van der Waals surface area contributed by atoms with Crippen molar-refractivity contribution in [3.63, 3.8) is 0 Å². The van der Waals surface area contributed by atoms with Gasteiger partial charge in [0, 0.05) is 26.1 Å². The van der Waals surface area contributed by atoms with Gasteiger partial charge >= 0.3 is 5.97 Å². The van der Waals surface area contributed by atoms with Crippen molar-refractivity contribution in [3.8, 4) is 0 Å². The quantitative estimate of drug-likeness (QED) is 0.565. The first-order valence-electron chi connectivity index (χ1n) is 8.54. The van der Waals surface area contributed by atoms with Crippen molar-refractivity contribution in [2.45, 2.75) is 32.1 Å². The normalized spacial score (nSPS) is 32.3. The number of carboxylic acids is 1. The number of carbonyl (C=O) groups is 3. The molecule has 1 saturated heterocycles. The number of likely N-dealkylation sites (tertiary alicyclic amines) is 1. The van der Waals surface area contributed by atoms with E-state index in [9.17, 15) is 19.5 Å². The summed E-state index contributed by atoms with van der Waals surface area (Å²) in [6, 6.07) is 0. The molecule has 0 spiro atoms. The van der Waals surface area contributed by atoms with Crippen molar-refractivity contribution in [2.24, 2.45) is 23.7 Å². The first-order valence-corrected chi connectivity index (χ1v) is 8.54. The minimum absolute atomic E-state index is 0.0181. The molecule has 1 saturated carbocycles. The summed E-state index contributed by atoms with van der Waals surface area (Å²) in [5.41, 5.74) is 0. The molecule has 2 fully saturated rings. The third-order valence-electron chi connectivity index (χ3n) is 5.41. The van der Waals surface area contributed by atoms with Crippen LogP contribution in [-0.2, 0) is 14.4 Å². The van der Waals surface area contributed by atoms with Gasteiger partial charge in [-0.3, -0.25) is 14.4 Å². The van der Waals surface area contributed by atoms with Crippen LogP contribution in [0.3, 0.4) is 0 Å². The van der Waals surface area contributed by atoms with Gasteiger partial charge in [0.2, 0.25) is 11.8 Å². The molecule has 4 atom stereocenters. The van der Waals surface area contributed by atoms with E-state index in [0.29, 0.717) is 25.9 Å². The van der Waals surface area contributed by atoms with Crippen molar-refractivity contribution in [1.29, 1.82) is 0 Å². The number of amides is 2. The fourth-order valence-corrected chi connectivity index (χ4v) is 4.23. The predicted molar refractivity (Wildman–Crippen MR) is 83.4 cm³/mol. The maximum atomic E-state index is 12.5. The minimum Gasteiger partial charge on any atom is -0.481 e. The molecule has 2 N–H and O–H groups in total. The Bertz CT molecular complexity index is 531. The van der Waals surface area contributed by atoms with Gasteiger partial charge in [0.1, 0.15) is 0 Å². The van der Waals surface area contributed by atoms with Crippen molar-refractivity contribution < 1.29 is 19.5 Å². The molecule has 0 aromatic heterocycles. The second-order valence-corrected chi connectivity index (χ2v) is 6.81. The van der Waals surface area contributed by atoms with Gasteiger partial charge in [0.05, 0.1) is 11.8 Å². The number of rotatable bonds is 6. The van der Waals surface area contributed by atoms with Gasteiger partial charge in [-0.15, -0.1) is 0 Å². The Balaban J connectivity index is 1.50. The average molecular weight is 320 g/mol. The topological polar surface area (TPSA) is 86.7 Å². The Hall–Kier alpha value is -1.85. The molecule has 2 amide bonds. The van der Waals surface area contributed by atoms with E-state index in [2.05, 4.69) is 5.32 Å². The Morgan fingerprint density at radius 1 is 1.22 bits per heavy atom. The maximum Gasteiger partial charge on any atom is 0.307 e. The van der Waals surface area contributed by atoms with E-state index in [1.54, 1.807) is 0 Å². The van der Waals surface area contributed by atoms with Gasteiger partial charge in [0.25, 0.3) is 0 Å². The Morgan fingerprint density at radius 2 is 1.91 bits per heavy atom. The van der Waals surface area contributed by atoms with Crippen LogP contribution in [0, 0.1) is 23.7 Å². The van der Waals surface area contributed by atoms with Gasteiger partial charge < -0.3 is 15.3 Å². The van der Waals surface area contributed by atoms with Crippen LogP contribution >= 0.6 is 0 Å². The summed E-state index contributed by atoms with van der Waals surface area (Å²) in [5, 5.41) is 12.4. The Labute approximate surface area is 135 Å². The number of nitrogens with zero attached hydrogens (tertiary/aromatic N) is 1. The van der Waals surface area contributed by atoms with E-state index < -0.39 is 17.8 Å². The molecule has 6 nitrogen and oxygen atoms in total. The summed E-state index contributed by atoms with van der Waals surface area (Å²) in [6.07, 6.45) is 8.00. The fraction of sp³-hybridized carbons (Fsp3) is 0.706. The molecule has 23 heavy (non-hydrogen) atoms. The molecule has 3 aliphatic carbocycles. The molecular weight excluding hydrogens is 296 g/mol. The molecule has 0 aromatic rings. The molecule has 0 aromatic carbocycles. The highest BCUT2D eigenvalue weighted by Gasteiger charge is 2.47. The first-order chi connectivity index (χ1) is 11.1. The second-order valence-electron chi connectivity index (χ2n) is 6.81. The van der Waals surface area contributed by atoms with Crippen molar-refractivity contribution in [2.75, 3.05) is 19.6 Å². The lowest BCUT2D eigenvalue weighted by atomic mass is 9.62. The number of allylic oxidation sites excluding steroid dienone is 2. The SMILES string of the molecule is O=C(NCCCN1CCCC1=O)[C@@H]1[C@@H](C(=O)O)[C@H]2C=C[C@@H]1CC2. The summed E-state index contributed by atoms with van der Waals surface area (Å²) in [6.45, 7) is 1.97. The van der Waals surface area contributed by atoms with Crippen LogP contribution < -0.4 is 5.32 Å². The first kappa shape index (κ1) is 16.0. The molecule has 1 heterocycles. The van der Waals surface area contributed by atoms with Crippen LogP contribution in [0.4, 0.5) is 0 Å². The molecule has 1 aliphatic heterocycles. The zero-order valence-electron chi connectivity index (χ0n) is 13.2. The van der Waals surface area contributed by atoms with Gasteiger partial charge in [-0.2, -0.15) is 0 Å². The number of carbonyl (C=O) groups excluding carboxylic acids is 2. The van der Waals surface area contributed by atoms with Gasteiger partial charge in [-0.25, -0.2) is 0 Å². The molecule has 2 bridgehead atoms. The van der Waals surface area contributed by atoms with Crippen molar-refractivity contribution in [1.82, 2.24) is 10.2 Å². The highest BCUT2D eigenvalue weighted by atomic mass is 16.4. The monoisotopic (exact) mass is 320 g/mol. The van der Waals surface area contributed by atoms with E-state index in [0.717, 1.165) is 25.8 Å². The minimum atomic E-state index is -0.869. The van der Waals surface area contributed by atoms with Gasteiger partial charge in [-0.1, -0.05) is 12.2 Å². The number of fused-ring (bicyclic) bond motifs is 2. The molecule has 0 unspecified atom stereocenters. The number of hydrogen-bond donors (Lipinski definition) is 2. The smallest absolute Gasteiger partial charge is 0.307 e. The lowest BCUT2D eigenvalue weighted by Gasteiger charge is -2.41. The van der Waals surface area contributed by atoms with Crippen LogP contribution in [-0.4, -0.2) is 47.4 Å². The largest absolute Gasteiger partial charge is 0.481 e. The molecule has 126 valence electrons. The summed E-state index contributed by atoms with van der Waals surface area (Å²) in [7, 11) is 0. The summed E-state index contributed by atoms with van der Waals surface area (Å²) < 4.78 is 0. The maximum absolute atomic E-state index is 12.5. The number of hydrogen-bond acceptors (Lipinski definition) is 3. The van der Waals surface area contributed by atoms with Crippen molar-refractivity contribution >= 4 is 17.8 Å². The summed E-state index contributed by atoms with van der Waals surface area (Å²) >= 11 is 0. The van der Waals surface area contributed by atoms with Crippen LogP contribution in [0.5, 0.6) is 0 Å². The molecule has 6 heteroatoms. The standard InChI is InChI=1S/C17H24N2O4/c20-13-3-1-9-19(13)10-2-8-18-16(21)14-11-4-6-12(7-5-11)15(14)17(22)23/h4,6,11-12,14-15H,1-3,5,7-10H2,(H,18,21)(H,22,23)/t11-,12+,14+,15+/m1/s1. The van der Waals surface area contributed by atoms with Crippen molar-refractivity contribution in [3.05, 3.63) is 12.2 Å². The lowest BCUT2D eigenvalue weighted by molar-refractivity contribution is -0.153. The van der Waals surface area contributed by atoms with Crippen LogP contribution in [0.25, 0.3) is 0 Å². The second kappa shape index (κ2) is 6.72. The Morgan fingerprint density at radius 3 is 2.48 bits per heavy atom. The molecule has 4 aliphatic rings. The molecule has 0 radical (unpaired) electrons. The van der Waals surface area contributed by atoms with Gasteiger partial charge in [-0.05, 0) is 37.5 Å². The van der Waals surface area contributed by atoms with Crippen LogP contribution in [0.2, 0.25) is 0 Å². The average Bonchev–Trinajstić information content (AvgIpc) is 2.96. The van der Waals surface area contributed by atoms with Crippen LogP contribution in [0.1, 0.15) is 32.1 Å². The Kier molecular flexibility index (Phi) is 4.68. The zero-order valence-corrected chi connectivity index (χ0v) is 13.2. The van der Waals surface area contributed by atoms with E-state index in [1.807, 2.05) is 17.1 Å². The highest BCUT2D eigenvalue weighted by molar-refractivity contribution is 5.86. The van der Waals surface area contributed by atoms with E-state index in [1.165, 1.54) is 0 Å². The number of aliphatic carboxylic acids is 1. The van der Waals surface area contributed by atoms with Gasteiger partial charge in [0.15, 0.2) is 0 Å².